The van der Waals surface area contributed by atoms with Crippen molar-refractivity contribution in [3.8, 4) is 0 Å². The van der Waals surface area contributed by atoms with E-state index in [1.54, 1.807) is 12.1 Å². The molecule has 35 heavy (non-hydrogen) atoms. The van der Waals surface area contributed by atoms with Crippen LogP contribution in [-0.2, 0) is 0 Å². The smallest absolute Gasteiger partial charge is 0.131 e. The molecule has 1 atom stereocenters. The average Bonchev–Trinajstić information content (AvgIpc) is 2.86. The van der Waals surface area contributed by atoms with Crippen molar-refractivity contribution in [3.63, 3.8) is 0 Å². The highest BCUT2D eigenvalue weighted by atomic mass is 19.1. The van der Waals surface area contributed by atoms with Gasteiger partial charge in [0.1, 0.15) is 11.7 Å². The maximum absolute atomic E-state index is 14.1. The van der Waals surface area contributed by atoms with E-state index in [9.17, 15) is 4.39 Å². The molecule has 0 fully saturated rings. The predicted octanol–water partition coefficient (Wildman–Crippen LogP) is 6.99. The lowest BCUT2D eigenvalue weighted by Crippen LogP contribution is -2.29. The van der Waals surface area contributed by atoms with Crippen LogP contribution in [0.1, 0.15) is 49.9 Å². The van der Waals surface area contributed by atoms with Gasteiger partial charge in [0.2, 0.25) is 0 Å². The number of benzene rings is 3. The fourth-order valence-electron chi connectivity index (χ4n) is 3.66. The van der Waals surface area contributed by atoms with Crippen molar-refractivity contribution in [1.29, 1.82) is 0 Å². The number of hydrogen-bond donors (Lipinski definition) is 3. The van der Waals surface area contributed by atoms with Gasteiger partial charge in [0.25, 0.3) is 0 Å². The zero-order valence-corrected chi connectivity index (χ0v) is 20.8. The van der Waals surface area contributed by atoms with Crippen molar-refractivity contribution in [1.82, 2.24) is 5.32 Å². The minimum Gasteiger partial charge on any atom is -0.398 e. The molecule has 0 amide bonds. The van der Waals surface area contributed by atoms with Crippen LogP contribution in [0.15, 0.2) is 95.5 Å². The lowest BCUT2D eigenvalue weighted by atomic mass is 10.0. The summed E-state index contributed by atoms with van der Waals surface area (Å²) in [6, 6.07) is 22.5. The molecule has 0 radical (unpaired) electrons. The fraction of sp³-hybridized carbons (Fsp3) is 0.233. The fourth-order valence-corrected chi connectivity index (χ4v) is 3.66. The zero-order valence-electron chi connectivity index (χ0n) is 20.8. The van der Waals surface area contributed by atoms with Crippen LogP contribution in [0, 0.1) is 5.82 Å². The first-order valence-electron chi connectivity index (χ1n) is 12.1. The van der Waals surface area contributed by atoms with Crippen molar-refractivity contribution < 1.29 is 4.39 Å². The predicted molar refractivity (Wildman–Crippen MR) is 148 cm³/mol. The molecule has 0 saturated heterocycles. The van der Waals surface area contributed by atoms with Crippen molar-refractivity contribution in [3.05, 3.63) is 113 Å². The minimum absolute atomic E-state index is 0.189. The van der Waals surface area contributed by atoms with Gasteiger partial charge in [-0.3, -0.25) is 4.99 Å². The van der Waals surface area contributed by atoms with Crippen molar-refractivity contribution in [2.24, 2.45) is 4.99 Å². The number of hydrogen-bond acceptors (Lipinski definition) is 3. The van der Waals surface area contributed by atoms with Gasteiger partial charge in [0.05, 0.1) is 12.6 Å². The first-order valence-corrected chi connectivity index (χ1v) is 12.1. The Balaban J connectivity index is 1.84. The second-order valence-electron chi connectivity index (χ2n) is 8.56. The van der Waals surface area contributed by atoms with Gasteiger partial charge in [-0.2, -0.15) is 0 Å². The molecule has 0 aromatic heterocycles. The molecule has 4 N–H and O–H groups in total. The summed E-state index contributed by atoms with van der Waals surface area (Å²) in [6.07, 6.45) is 7.14. The van der Waals surface area contributed by atoms with Crippen molar-refractivity contribution >= 4 is 23.3 Å². The third-order valence-corrected chi connectivity index (χ3v) is 5.57. The highest BCUT2D eigenvalue weighted by Crippen LogP contribution is 2.25. The highest BCUT2D eigenvalue weighted by Gasteiger charge is 2.16. The van der Waals surface area contributed by atoms with E-state index < -0.39 is 0 Å². The standard InChI is InChI=1S/C30H35FN4/c1-4-19-33-29-18-17-25(31)20-27(29)23(3)35-30(26-15-8-9-16-28(26)32)34-21-22(2)11-10-14-24-12-6-5-7-13-24/h5-18,20,23,33H,4,19,21,32H2,1-3H3,(H,34,35)/b14-10-,22-11+. The second kappa shape index (κ2) is 13.1. The molecule has 0 aliphatic rings. The largest absolute Gasteiger partial charge is 0.398 e. The average molecular weight is 471 g/mol. The van der Waals surface area contributed by atoms with Gasteiger partial charge < -0.3 is 16.4 Å². The molecule has 3 rings (SSSR count). The molecule has 0 aliphatic heterocycles. The molecule has 4 nitrogen and oxygen atoms in total. The number of nitrogens with two attached hydrogens (primary N) is 1. The van der Waals surface area contributed by atoms with Crippen LogP contribution in [0.25, 0.3) is 6.08 Å². The molecule has 3 aromatic carbocycles. The topological polar surface area (TPSA) is 62.4 Å². The van der Waals surface area contributed by atoms with Gasteiger partial charge in [0, 0.05) is 29.0 Å². The van der Waals surface area contributed by atoms with Crippen LogP contribution in [0.3, 0.4) is 0 Å². The van der Waals surface area contributed by atoms with Crippen molar-refractivity contribution in [2.45, 2.75) is 33.2 Å². The van der Waals surface area contributed by atoms with Crippen LogP contribution < -0.4 is 16.4 Å². The van der Waals surface area contributed by atoms with Crippen LogP contribution in [-0.4, -0.2) is 18.9 Å². The third-order valence-electron chi connectivity index (χ3n) is 5.57. The van der Waals surface area contributed by atoms with Gasteiger partial charge in [-0.25, -0.2) is 4.39 Å². The SMILES string of the molecule is CCCNc1ccc(F)cc1C(C)NC(=NC/C(C)=C/C=C\c1ccccc1)c1ccccc1N. The van der Waals surface area contributed by atoms with E-state index in [1.165, 1.54) is 6.07 Å². The van der Waals surface area contributed by atoms with E-state index in [-0.39, 0.29) is 11.9 Å². The zero-order chi connectivity index (χ0) is 25.0. The maximum Gasteiger partial charge on any atom is 0.131 e. The summed E-state index contributed by atoms with van der Waals surface area (Å²) >= 11 is 0. The van der Waals surface area contributed by atoms with Gasteiger partial charge in [0.15, 0.2) is 0 Å². The van der Waals surface area contributed by atoms with Crippen molar-refractivity contribution in [2.75, 3.05) is 24.1 Å². The van der Waals surface area contributed by atoms with Crippen LogP contribution >= 0.6 is 0 Å². The lowest BCUT2D eigenvalue weighted by molar-refractivity contribution is 0.618. The monoisotopic (exact) mass is 470 g/mol. The molecular formula is C30H35FN4. The van der Waals surface area contributed by atoms with E-state index in [2.05, 4.69) is 41.8 Å². The summed E-state index contributed by atoms with van der Waals surface area (Å²) in [7, 11) is 0. The number of rotatable bonds is 10. The van der Waals surface area contributed by atoms with Gasteiger partial charge in [-0.15, -0.1) is 0 Å². The van der Waals surface area contributed by atoms with Crippen LogP contribution in [0.4, 0.5) is 15.8 Å². The molecule has 0 spiro atoms. The summed E-state index contributed by atoms with van der Waals surface area (Å²) in [6.45, 7) is 7.48. The molecular weight excluding hydrogens is 435 g/mol. The Bertz CT molecular complexity index is 1180. The molecule has 182 valence electrons. The minimum atomic E-state index is -0.266. The Labute approximate surface area is 208 Å². The lowest BCUT2D eigenvalue weighted by Gasteiger charge is -2.22. The first kappa shape index (κ1) is 25.8. The number of halogens is 1. The van der Waals surface area contributed by atoms with E-state index in [0.717, 1.165) is 40.9 Å². The Hall–Kier alpha value is -3.86. The van der Waals surface area contributed by atoms with E-state index in [4.69, 9.17) is 10.7 Å². The Morgan fingerprint density at radius 2 is 1.80 bits per heavy atom. The van der Waals surface area contributed by atoms with E-state index in [1.807, 2.05) is 62.4 Å². The summed E-state index contributed by atoms with van der Waals surface area (Å²) in [5.74, 6) is 0.415. The van der Waals surface area contributed by atoms with Crippen LogP contribution in [0.5, 0.6) is 0 Å². The molecule has 3 aromatic rings. The number of nitrogens with one attached hydrogen (secondary N) is 2. The van der Waals surface area contributed by atoms with E-state index in [0.29, 0.717) is 18.1 Å². The second-order valence-corrected chi connectivity index (χ2v) is 8.56. The summed E-state index contributed by atoms with van der Waals surface area (Å²) < 4.78 is 14.1. The number of anilines is 2. The number of nitrogens with zero attached hydrogens (tertiary/aromatic N) is 1. The Morgan fingerprint density at radius 3 is 2.54 bits per heavy atom. The normalized spacial score (nSPS) is 13.1. The highest BCUT2D eigenvalue weighted by molar-refractivity contribution is 6.03. The number of allylic oxidation sites excluding steroid dienone is 2. The molecule has 0 aliphatic carbocycles. The summed E-state index contributed by atoms with van der Waals surface area (Å²) in [4.78, 5) is 4.87. The van der Waals surface area contributed by atoms with Gasteiger partial charge in [-0.1, -0.05) is 73.2 Å². The number of nitrogen functional groups attached to an aromatic ring is 1. The maximum atomic E-state index is 14.1. The molecule has 0 saturated carbocycles. The van der Waals surface area contributed by atoms with Crippen LogP contribution in [0.2, 0.25) is 0 Å². The summed E-state index contributed by atoms with van der Waals surface area (Å²) in [5.41, 5.74) is 11.8. The quantitative estimate of drug-likeness (QED) is 0.130. The number of para-hydroxylation sites is 1. The Morgan fingerprint density at radius 1 is 1.06 bits per heavy atom. The molecule has 1 unspecified atom stereocenters. The van der Waals surface area contributed by atoms with Gasteiger partial charge >= 0.3 is 0 Å². The third kappa shape index (κ3) is 7.85. The Kier molecular flexibility index (Phi) is 9.67. The molecule has 0 bridgehead atoms. The molecule has 5 heteroatoms. The summed E-state index contributed by atoms with van der Waals surface area (Å²) in [5, 5.41) is 6.88. The van der Waals surface area contributed by atoms with Gasteiger partial charge in [-0.05, 0) is 56.2 Å². The first-order chi connectivity index (χ1) is 17.0. The van der Waals surface area contributed by atoms with E-state index >= 15 is 0 Å². The number of aliphatic imine (C=N–C) groups is 1. The molecule has 0 heterocycles. The number of amidine groups is 1.